The summed E-state index contributed by atoms with van der Waals surface area (Å²) in [7, 11) is 0. The van der Waals surface area contributed by atoms with E-state index in [0.29, 0.717) is 17.6 Å². The lowest BCUT2D eigenvalue weighted by molar-refractivity contribution is -0.383. The Morgan fingerprint density at radius 2 is 2.19 bits per heavy atom. The number of thioether (sulfide) groups is 1. The number of nitro groups is 1. The first kappa shape index (κ1) is 15.8. The molecular formula is C13H21N5O2S. The average molecular weight is 311 g/mol. The summed E-state index contributed by atoms with van der Waals surface area (Å²) in [5.41, 5.74) is -0.0642. The van der Waals surface area contributed by atoms with Gasteiger partial charge >= 0.3 is 5.69 Å². The third-order valence-electron chi connectivity index (χ3n) is 3.65. The van der Waals surface area contributed by atoms with Crippen molar-refractivity contribution in [1.29, 1.82) is 0 Å². The molecule has 0 radical (unpaired) electrons. The molecule has 0 saturated heterocycles. The van der Waals surface area contributed by atoms with Gasteiger partial charge in [0, 0.05) is 17.8 Å². The quantitative estimate of drug-likeness (QED) is 0.616. The fourth-order valence-electron chi connectivity index (χ4n) is 2.64. The highest BCUT2D eigenvalue weighted by Gasteiger charge is 2.27. The summed E-state index contributed by atoms with van der Waals surface area (Å²) < 4.78 is 0. The maximum Gasteiger partial charge on any atom is 0.353 e. The van der Waals surface area contributed by atoms with Crippen molar-refractivity contribution in [2.24, 2.45) is 0 Å². The van der Waals surface area contributed by atoms with Crippen LogP contribution in [-0.4, -0.2) is 39.0 Å². The number of anilines is 2. The van der Waals surface area contributed by atoms with E-state index < -0.39 is 4.92 Å². The second-order valence-corrected chi connectivity index (χ2v) is 6.21. The van der Waals surface area contributed by atoms with E-state index >= 15 is 0 Å². The molecule has 0 bridgehead atoms. The third-order valence-corrected chi connectivity index (χ3v) is 4.74. The molecule has 21 heavy (non-hydrogen) atoms. The number of nitrogens with one attached hydrogen (secondary N) is 2. The summed E-state index contributed by atoms with van der Waals surface area (Å²) in [5.74, 6) is 0.593. The second-order valence-electron chi connectivity index (χ2n) is 5.07. The number of nitrogens with zero attached hydrogens (tertiary/aromatic N) is 3. The molecule has 7 nitrogen and oxygen atoms in total. The zero-order valence-corrected chi connectivity index (χ0v) is 13.2. The van der Waals surface area contributed by atoms with Crippen LogP contribution in [0.1, 0.15) is 32.6 Å². The highest BCUT2D eigenvalue weighted by molar-refractivity contribution is 7.99. The highest BCUT2D eigenvalue weighted by Crippen LogP contribution is 2.33. The van der Waals surface area contributed by atoms with Gasteiger partial charge in [-0.3, -0.25) is 10.1 Å². The van der Waals surface area contributed by atoms with Gasteiger partial charge < -0.3 is 10.6 Å². The largest absolute Gasteiger partial charge is 0.364 e. The van der Waals surface area contributed by atoms with Gasteiger partial charge in [-0.15, -0.1) is 0 Å². The Kier molecular flexibility index (Phi) is 5.60. The molecule has 1 fully saturated rings. The standard InChI is InChI=1S/C13H21N5O2S/c1-3-14-12-11(18(19)20)13(16-8-15-12)17-9-5-4-6-10(7-9)21-2/h8-10H,3-7H2,1-2H3,(H2,14,15,16,17). The Bertz CT molecular complexity index is 499. The third kappa shape index (κ3) is 3.96. The summed E-state index contributed by atoms with van der Waals surface area (Å²) >= 11 is 1.86. The van der Waals surface area contributed by atoms with Crippen LogP contribution in [0, 0.1) is 10.1 Å². The van der Waals surface area contributed by atoms with Crippen molar-refractivity contribution in [1.82, 2.24) is 9.97 Å². The summed E-state index contributed by atoms with van der Waals surface area (Å²) in [6.07, 6.45) is 7.87. The first-order chi connectivity index (χ1) is 10.2. The molecule has 0 aromatic carbocycles. The van der Waals surface area contributed by atoms with Crippen LogP contribution in [0.5, 0.6) is 0 Å². The van der Waals surface area contributed by atoms with E-state index in [9.17, 15) is 10.1 Å². The van der Waals surface area contributed by atoms with Crippen molar-refractivity contribution in [2.45, 2.75) is 43.9 Å². The number of aromatic nitrogens is 2. The summed E-state index contributed by atoms with van der Waals surface area (Å²) in [5, 5.41) is 18.1. The molecule has 116 valence electrons. The molecule has 0 spiro atoms. The van der Waals surface area contributed by atoms with E-state index in [0.717, 1.165) is 19.3 Å². The van der Waals surface area contributed by atoms with Crippen LogP contribution in [0.3, 0.4) is 0 Å². The number of hydrogen-bond donors (Lipinski definition) is 2. The van der Waals surface area contributed by atoms with E-state index in [-0.39, 0.29) is 17.5 Å². The van der Waals surface area contributed by atoms with E-state index in [2.05, 4.69) is 26.9 Å². The molecule has 2 atom stereocenters. The minimum atomic E-state index is -0.421. The lowest BCUT2D eigenvalue weighted by Crippen LogP contribution is -2.29. The number of hydrogen-bond acceptors (Lipinski definition) is 7. The van der Waals surface area contributed by atoms with Gasteiger partial charge in [-0.25, -0.2) is 9.97 Å². The smallest absolute Gasteiger partial charge is 0.353 e. The lowest BCUT2D eigenvalue weighted by Gasteiger charge is -2.28. The van der Waals surface area contributed by atoms with Crippen LogP contribution in [0.4, 0.5) is 17.3 Å². The second kappa shape index (κ2) is 7.44. The minimum Gasteiger partial charge on any atom is -0.364 e. The van der Waals surface area contributed by atoms with Gasteiger partial charge in [-0.2, -0.15) is 11.8 Å². The van der Waals surface area contributed by atoms with E-state index in [1.165, 1.54) is 12.7 Å². The molecule has 0 aliphatic heterocycles. The monoisotopic (exact) mass is 311 g/mol. The topological polar surface area (TPSA) is 93.0 Å². The molecule has 1 saturated carbocycles. The van der Waals surface area contributed by atoms with Crippen molar-refractivity contribution in [3.63, 3.8) is 0 Å². The zero-order chi connectivity index (χ0) is 15.2. The molecule has 0 amide bonds. The van der Waals surface area contributed by atoms with Crippen molar-refractivity contribution < 1.29 is 4.92 Å². The van der Waals surface area contributed by atoms with Gasteiger partial charge in [0.2, 0.25) is 11.6 Å². The molecule has 8 heteroatoms. The SMILES string of the molecule is CCNc1ncnc(NC2CCCC(SC)C2)c1[N+](=O)[O-]. The molecule has 2 N–H and O–H groups in total. The maximum atomic E-state index is 11.3. The Hall–Kier alpha value is -1.57. The Morgan fingerprint density at radius 1 is 1.43 bits per heavy atom. The van der Waals surface area contributed by atoms with Crippen LogP contribution in [0.2, 0.25) is 0 Å². The normalized spacial score (nSPS) is 21.8. The molecule has 2 rings (SSSR count). The highest BCUT2D eigenvalue weighted by atomic mass is 32.2. The van der Waals surface area contributed by atoms with E-state index in [4.69, 9.17) is 0 Å². The Balaban J connectivity index is 2.19. The van der Waals surface area contributed by atoms with Crippen molar-refractivity contribution >= 4 is 29.1 Å². The van der Waals surface area contributed by atoms with Crippen LogP contribution >= 0.6 is 11.8 Å². The van der Waals surface area contributed by atoms with Crippen LogP contribution < -0.4 is 10.6 Å². The zero-order valence-electron chi connectivity index (χ0n) is 12.3. The number of rotatable bonds is 6. The average Bonchev–Trinajstić information content (AvgIpc) is 2.47. The van der Waals surface area contributed by atoms with Gasteiger partial charge in [-0.05, 0) is 32.4 Å². The van der Waals surface area contributed by atoms with E-state index in [1.807, 2.05) is 18.7 Å². The van der Waals surface area contributed by atoms with Gasteiger partial charge in [0.05, 0.1) is 4.92 Å². The fourth-order valence-corrected chi connectivity index (χ4v) is 3.46. The van der Waals surface area contributed by atoms with Gasteiger partial charge in [0.15, 0.2) is 0 Å². The Labute approximate surface area is 128 Å². The van der Waals surface area contributed by atoms with Gasteiger partial charge in [0.1, 0.15) is 6.33 Å². The first-order valence-corrected chi connectivity index (χ1v) is 8.47. The summed E-state index contributed by atoms with van der Waals surface area (Å²) in [6.45, 7) is 2.46. The molecule has 2 unspecified atom stereocenters. The lowest BCUT2D eigenvalue weighted by atomic mass is 9.95. The molecular weight excluding hydrogens is 290 g/mol. The molecule has 1 aromatic rings. The van der Waals surface area contributed by atoms with Crippen LogP contribution in [-0.2, 0) is 0 Å². The van der Waals surface area contributed by atoms with Crippen molar-refractivity contribution in [3.8, 4) is 0 Å². The molecule has 1 aliphatic rings. The predicted molar refractivity (Wildman–Crippen MR) is 86.0 cm³/mol. The molecule has 1 aromatic heterocycles. The summed E-state index contributed by atoms with van der Waals surface area (Å²) in [4.78, 5) is 18.9. The van der Waals surface area contributed by atoms with Crippen molar-refractivity contribution in [3.05, 3.63) is 16.4 Å². The van der Waals surface area contributed by atoms with Crippen LogP contribution in [0.15, 0.2) is 6.33 Å². The van der Waals surface area contributed by atoms with Gasteiger partial charge in [-0.1, -0.05) is 6.42 Å². The van der Waals surface area contributed by atoms with Crippen LogP contribution in [0.25, 0.3) is 0 Å². The Morgan fingerprint density at radius 3 is 2.86 bits per heavy atom. The summed E-state index contributed by atoms with van der Waals surface area (Å²) in [6, 6.07) is 0.235. The molecule has 1 heterocycles. The maximum absolute atomic E-state index is 11.3. The first-order valence-electron chi connectivity index (χ1n) is 7.18. The van der Waals surface area contributed by atoms with E-state index in [1.54, 1.807) is 0 Å². The predicted octanol–water partition coefficient (Wildman–Crippen LogP) is 2.90. The minimum absolute atomic E-state index is 0.0642. The van der Waals surface area contributed by atoms with Gasteiger partial charge in [0.25, 0.3) is 0 Å². The van der Waals surface area contributed by atoms with Crippen molar-refractivity contribution in [2.75, 3.05) is 23.4 Å². The molecule has 1 aliphatic carbocycles. The fraction of sp³-hybridized carbons (Fsp3) is 0.692.